The van der Waals surface area contributed by atoms with Gasteiger partial charge >= 0.3 is 0 Å². The molecule has 1 unspecified atom stereocenters. The highest BCUT2D eigenvalue weighted by Crippen LogP contribution is 2.21. The van der Waals surface area contributed by atoms with Crippen LogP contribution in [0.15, 0.2) is 16.9 Å². The molecule has 2 aliphatic heterocycles. The van der Waals surface area contributed by atoms with Crippen LogP contribution in [0, 0.1) is 0 Å². The summed E-state index contributed by atoms with van der Waals surface area (Å²) < 4.78 is 0. The number of allylic oxidation sites excluding steroid dienone is 1. The second-order valence-electron chi connectivity index (χ2n) is 5.98. The van der Waals surface area contributed by atoms with E-state index >= 15 is 0 Å². The standard InChI is InChI=1S/C15H29N5/c1-4-5-9-15(18-13-6-10-16-11-7-13)17-12-8-14(19-15)20(2)3/h8,12-13,16,18-19H,4-7,9-11H2,1-3H3. The molecule has 0 aromatic heterocycles. The van der Waals surface area contributed by atoms with Crippen LogP contribution < -0.4 is 16.0 Å². The molecule has 3 N–H and O–H groups in total. The van der Waals surface area contributed by atoms with Crippen LogP contribution in [0.3, 0.4) is 0 Å². The average molecular weight is 279 g/mol. The van der Waals surface area contributed by atoms with Gasteiger partial charge in [-0.25, -0.2) is 0 Å². The maximum Gasteiger partial charge on any atom is 0.185 e. The first kappa shape index (κ1) is 15.3. The van der Waals surface area contributed by atoms with Gasteiger partial charge in [0, 0.05) is 32.8 Å². The molecule has 0 amide bonds. The summed E-state index contributed by atoms with van der Waals surface area (Å²) in [5.41, 5.74) is 0. The molecule has 2 rings (SSSR count). The Morgan fingerprint density at radius 2 is 2.15 bits per heavy atom. The summed E-state index contributed by atoms with van der Waals surface area (Å²) in [7, 11) is 4.13. The number of hydrogen-bond acceptors (Lipinski definition) is 5. The van der Waals surface area contributed by atoms with Crippen LogP contribution in [-0.2, 0) is 0 Å². The van der Waals surface area contributed by atoms with E-state index in [0.29, 0.717) is 6.04 Å². The Morgan fingerprint density at radius 3 is 2.80 bits per heavy atom. The molecule has 0 spiro atoms. The van der Waals surface area contributed by atoms with Gasteiger partial charge in [0.1, 0.15) is 5.82 Å². The van der Waals surface area contributed by atoms with Crippen LogP contribution >= 0.6 is 0 Å². The topological polar surface area (TPSA) is 51.7 Å². The largest absolute Gasteiger partial charge is 0.364 e. The summed E-state index contributed by atoms with van der Waals surface area (Å²) in [4.78, 5) is 6.86. The zero-order valence-corrected chi connectivity index (χ0v) is 13.1. The van der Waals surface area contributed by atoms with Gasteiger partial charge in [-0.15, -0.1) is 0 Å². The quantitative estimate of drug-likeness (QED) is 0.685. The summed E-state index contributed by atoms with van der Waals surface area (Å²) in [6.07, 6.45) is 9.70. The monoisotopic (exact) mass is 279 g/mol. The SMILES string of the molecule is CCCCC1(NC2CCNCC2)N=CC=C(N(C)C)N1. The van der Waals surface area contributed by atoms with Crippen molar-refractivity contribution in [2.45, 2.75) is 50.9 Å². The van der Waals surface area contributed by atoms with Crippen molar-refractivity contribution in [3.63, 3.8) is 0 Å². The van der Waals surface area contributed by atoms with Gasteiger partial charge < -0.3 is 15.5 Å². The molecule has 20 heavy (non-hydrogen) atoms. The van der Waals surface area contributed by atoms with Crippen LogP contribution in [-0.4, -0.2) is 50.1 Å². The number of aliphatic imine (C=N–C) groups is 1. The summed E-state index contributed by atoms with van der Waals surface area (Å²) >= 11 is 0. The first-order chi connectivity index (χ1) is 9.65. The van der Waals surface area contributed by atoms with Crippen molar-refractivity contribution in [2.75, 3.05) is 27.2 Å². The number of unbranched alkanes of at least 4 members (excludes halogenated alkanes) is 1. The molecule has 0 aromatic carbocycles. The fraction of sp³-hybridized carbons (Fsp3) is 0.800. The first-order valence-electron chi connectivity index (χ1n) is 7.84. The average Bonchev–Trinajstić information content (AvgIpc) is 2.46. The smallest absolute Gasteiger partial charge is 0.185 e. The Morgan fingerprint density at radius 1 is 1.40 bits per heavy atom. The van der Waals surface area contributed by atoms with E-state index in [1.54, 1.807) is 0 Å². The van der Waals surface area contributed by atoms with Gasteiger partial charge in [-0.1, -0.05) is 13.3 Å². The zero-order valence-electron chi connectivity index (χ0n) is 13.1. The lowest BCUT2D eigenvalue weighted by atomic mass is 10.0. The third-order valence-electron chi connectivity index (χ3n) is 4.02. The Labute approximate surface area is 122 Å². The van der Waals surface area contributed by atoms with Crippen molar-refractivity contribution < 1.29 is 0 Å². The van der Waals surface area contributed by atoms with Gasteiger partial charge in [0.05, 0.1) is 0 Å². The molecule has 0 radical (unpaired) electrons. The van der Waals surface area contributed by atoms with E-state index in [1.165, 1.54) is 25.7 Å². The molecular formula is C15H29N5. The molecule has 0 bridgehead atoms. The van der Waals surface area contributed by atoms with Crippen LogP contribution in [0.2, 0.25) is 0 Å². The number of nitrogens with one attached hydrogen (secondary N) is 3. The fourth-order valence-electron chi connectivity index (χ4n) is 2.79. The van der Waals surface area contributed by atoms with E-state index in [1.807, 2.05) is 12.3 Å². The Hall–Kier alpha value is -1.07. The van der Waals surface area contributed by atoms with E-state index < -0.39 is 0 Å². The van der Waals surface area contributed by atoms with E-state index in [0.717, 1.165) is 25.3 Å². The predicted octanol–water partition coefficient (Wildman–Crippen LogP) is 1.25. The van der Waals surface area contributed by atoms with Crippen LogP contribution in [0.4, 0.5) is 0 Å². The number of hydrogen-bond donors (Lipinski definition) is 3. The highest BCUT2D eigenvalue weighted by atomic mass is 15.4. The Kier molecular flexibility index (Phi) is 5.43. The maximum absolute atomic E-state index is 4.75. The lowest BCUT2D eigenvalue weighted by Crippen LogP contribution is -2.61. The normalized spacial score (nSPS) is 27.1. The predicted molar refractivity (Wildman–Crippen MR) is 84.7 cm³/mol. The second kappa shape index (κ2) is 7.09. The van der Waals surface area contributed by atoms with Crippen LogP contribution in [0.1, 0.15) is 39.0 Å². The lowest BCUT2D eigenvalue weighted by Gasteiger charge is -2.41. The van der Waals surface area contributed by atoms with Gasteiger partial charge in [-0.3, -0.25) is 10.3 Å². The molecular weight excluding hydrogens is 250 g/mol. The zero-order chi connectivity index (χ0) is 14.4. The number of rotatable bonds is 6. The molecule has 0 aliphatic carbocycles. The molecule has 1 saturated heterocycles. The highest BCUT2D eigenvalue weighted by molar-refractivity contribution is 5.73. The third kappa shape index (κ3) is 3.96. The van der Waals surface area contributed by atoms with Crippen molar-refractivity contribution >= 4 is 6.21 Å². The summed E-state index contributed by atoms with van der Waals surface area (Å²) in [5.74, 6) is 0.796. The number of piperidine rings is 1. The van der Waals surface area contributed by atoms with E-state index in [2.05, 4.69) is 41.9 Å². The van der Waals surface area contributed by atoms with Gasteiger partial charge in [0.2, 0.25) is 0 Å². The van der Waals surface area contributed by atoms with Crippen molar-refractivity contribution in [1.29, 1.82) is 0 Å². The molecule has 1 fully saturated rings. The van der Waals surface area contributed by atoms with E-state index in [-0.39, 0.29) is 5.79 Å². The van der Waals surface area contributed by atoms with Crippen molar-refractivity contribution in [3.8, 4) is 0 Å². The first-order valence-corrected chi connectivity index (χ1v) is 7.84. The fourth-order valence-corrected chi connectivity index (χ4v) is 2.79. The molecule has 114 valence electrons. The number of nitrogens with zero attached hydrogens (tertiary/aromatic N) is 2. The van der Waals surface area contributed by atoms with E-state index in [9.17, 15) is 0 Å². The van der Waals surface area contributed by atoms with Gasteiger partial charge in [-0.2, -0.15) is 0 Å². The molecule has 0 aromatic rings. The minimum atomic E-state index is -0.327. The summed E-state index contributed by atoms with van der Waals surface area (Å²) in [5, 5.41) is 10.8. The minimum Gasteiger partial charge on any atom is -0.364 e. The van der Waals surface area contributed by atoms with Crippen LogP contribution in [0.5, 0.6) is 0 Å². The van der Waals surface area contributed by atoms with Crippen molar-refractivity contribution in [1.82, 2.24) is 20.9 Å². The molecule has 1 atom stereocenters. The molecule has 2 heterocycles. The Bertz CT molecular complexity index is 357. The summed E-state index contributed by atoms with van der Waals surface area (Å²) in [6, 6.07) is 0.541. The van der Waals surface area contributed by atoms with Crippen LogP contribution in [0.25, 0.3) is 0 Å². The van der Waals surface area contributed by atoms with Crippen molar-refractivity contribution in [2.24, 2.45) is 4.99 Å². The van der Waals surface area contributed by atoms with E-state index in [4.69, 9.17) is 4.99 Å². The second-order valence-corrected chi connectivity index (χ2v) is 5.98. The third-order valence-corrected chi connectivity index (χ3v) is 4.02. The highest BCUT2D eigenvalue weighted by Gasteiger charge is 2.33. The molecule has 5 nitrogen and oxygen atoms in total. The van der Waals surface area contributed by atoms with Gasteiger partial charge in [0.25, 0.3) is 0 Å². The molecule has 5 heteroatoms. The van der Waals surface area contributed by atoms with Crippen molar-refractivity contribution in [3.05, 3.63) is 11.9 Å². The summed E-state index contributed by atoms with van der Waals surface area (Å²) in [6.45, 7) is 4.43. The van der Waals surface area contributed by atoms with Gasteiger partial charge in [-0.05, 0) is 38.4 Å². The Balaban J connectivity index is 2.05. The molecule has 2 aliphatic rings. The lowest BCUT2D eigenvalue weighted by molar-refractivity contribution is 0.194. The minimum absolute atomic E-state index is 0.327. The van der Waals surface area contributed by atoms with Gasteiger partial charge in [0.15, 0.2) is 5.79 Å². The maximum atomic E-state index is 4.75. The molecule has 0 saturated carbocycles.